The van der Waals surface area contributed by atoms with Crippen LogP contribution in [0.15, 0.2) is 46.0 Å². The molecule has 0 saturated heterocycles. The molecule has 0 aliphatic carbocycles. The van der Waals surface area contributed by atoms with Gasteiger partial charge >= 0.3 is 29.6 Å². The molecule has 21 heavy (non-hydrogen) atoms. The van der Waals surface area contributed by atoms with Crippen LogP contribution in [0.4, 0.5) is 0 Å². The number of nitrogens with one attached hydrogen (secondary N) is 1. The first-order chi connectivity index (χ1) is 9.40. The largest absolute Gasteiger partial charge is 1.00 e. The smallest absolute Gasteiger partial charge is 0.548 e. The molecule has 0 amide bonds. The quantitative estimate of drug-likeness (QED) is 0.631. The Balaban J connectivity index is 0.00000220. The summed E-state index contributed by atoms with van der Waals surface area (Å²) in [7, 11) is -3.87. The first kappa shape index (κ1) is 18.3. The van der Waals surface area contributed by atoms with Crippen molar-refractivity contribution in [2.24, 2.45) is 0 Å². The molecule has 0 aliphatic heterocycles. The molecule has 2 rings (SSSR count). The van der Waals surface area contributed by atoms with Gasteiger partial charge in [-0.3, -0.25) is 0 Å². The predicted octanol–water partition coefficient (Wildman–Crippen LogP) is -2.17. The summed E-state index contributed by atoms with van der Waals surface area (Å²) in [5, 5.41) is 12.8. The maximum Gasteiger partial charge on any atom is 1.00 e. The van der Waals surface area contributed by atoms with Crippen LogP contribution in [0.3, 0.4) is 0 Å². The van der Waals surface area contributed by atoms with Crippen LogP contribution in [0.1, 0.15) is 17.2 Å². The zero-order chi connectivity index (χ0) is 14.8. The van der Waals surface area contributed by atoms with Crippen LogP contribution in [0.2, 0.25) is 0 Å². The van der Waals surface area contributed by atoms with E-state index in [0.29, 0.717) is 5.56 Å². The molecule has 0 bridgehead atoms. The van der Waals surface area contributed by atoms with Gasteiger partial charge in [0.2, 0.25) is 0 Å². The minimum absolute atomic E-state index is 0. The molecule has 1 N–H and O–H groups in total. The number of aryl methyl sites for hydroxylation is 1. The number of aliphatic carboxylic acids is 1. The van der Waals surface area contributed by atoms with E-state index < -0.39 is 22.0 Å². The molecule has 1 atom stereocenters. The molecule has 1 aromatic heterocycles. The van der Waals surface area contributed by atoms with Crippen molar-refractivity contribution in [1.82, 2.24) is 4.72 Å². The zero-order valence-corrected chi connectivity index (χ0v) is 15.2. The number of carbonyl (C=O) groups excluding carboxylic acids is 1. The van der Waals surface area contributed by atoms with Gasteiger partial charge in [-0.15, -0.1) is 11.3 Å². The van der Waals surface area contributed by atoms with Crippen LogP contribution in [0.5, 0.6) is 0 Å². The summed E-state index contributed by atoms with van der Waals surface area (Å²) in [5.41, 5.74) is 1.28. The summed E-state index contributed by atoms with van der Waals surface area (Å²) in [5.74, 6) is -1.49. The van der Waals surface area contributed by atoms with Gasteiger partial charge in [-0.1, -0.05) is 35.9 Å². The Morgan fingerprint density at radius 2 is 1.86 bits per heavy atom. The SMILES string of the molecule is Cc1ccc(C(NS(=O)(=O)c2cccs2)C(=O)[O-])cc1.[Na+]. The minimum Gasteiger partial charge on any atom is -0.548 e. The third kappa shape index (κ3) is 4.64. The van der Waals surface area contributed by atoms with Crippen LogP contribution < -0.4 is 39.4 Å². The Kier molecular flexibility index (Phi) is 6.58. The molecule has 0 fully saturated rings. The topological polar surface area (TPSA) is 86.3 Å². The average molecular weight is 333 g/mol. The Labute approximate surface area is 149 Å². The number of sulfonamides is 1. The molecule has 1 aromatic carbocycles. The molecule has 1 unspecified atom stereocenters. The number of carboxylic acid groups (broad SMARTS) is 1. The number of carbonyl (C=O) groups is 1. The van der Waals surface area contributed by atoms with E-state index in [1.807, 2.05) is 6.92 Å². The summed E-state index contributed by atoms with van der Waals surface area (Å²) < 4.78 is 26.3. The van der Waals surface area contributed by atoms with Crippen molar-refractivity contribution in [3.05, 3.63) is 52.9 Å². The molecule has 5 nitrogen and oxygen atoms in total. The van der Waals surface area contributed by atoms with E-state index in [4.69, 9.17) is 0 Å². The number of rotatable bonds is 5. The standard InChI is InChI=1S/C13H13NO4S2.Na/c1-9-4-6-10(7-5-9)12(13(15)16)14-20(17,18)11-3-2-8-19-11;/h2-8,12,14H,1H3,(H,15,16);/q;+1/p-1. The van der Waals surface area contributed by atoms with Crippen molar-refractivity contribution in [2.45, 2.75) is 17.2 Å². The molecule has 106 valence electrons. The van der Waals surface area contributed by atoms with Crippen molar-refractivity contribution < 1.29 is 47.9 Å². The van der Waals surface area contributed by atoms with Crippen LogP contribution in [-0.2, 0) is 14.8 Å². The van der Waals surface area contributed by atoms with Gasteiger partial charge in [-0.25, -0.2) is 8.42 Å². The number of benzene rings is 1. The van der Waals surface area contributed by atoms with Crippen LogP contribution in [0.25, 0.3) is 0 Å². The van der Waals surface area contributed by atoms with Crippen molar-refractivity contribution >= 4 is 27.3 Å². The van der Waals surface area contributed by atoms with Crippen molar-refractivity contribution in [3.8, 4) is 0 Å². The molecular formula is C13H12NNaO4S2. The van der Waals surface area contributed by atoms with E-state index in [-0.39, 0.29) is 33.8 Å². The number of hydrogen-bond donors (Lipinski definition) is 1. The van der Waals surface area contributed by atoms with Crippen molar-refractivity contribution in [3.63, 3.8) is 0 Å². The molecule has 0 radical (unpaired) electrons. The van der Waals surface area contributed by atoms with Gasteiger partial charge in [0, 0.05) is 0 Å². The fraction of sp³-hybridized carbons (Fsp3) is 0.154. The molecule has 0 aliphatic rings. The average Bonchev–Trinajstić information content (AvgIpc) is 2.91. The molecule has 8 heteroatoms. The minimum atomic E-state index is -3.87. The second kappa shape index (κ2) is 7.53. The fourth-order valence-electron chi connectivity index (χ4n) is 1.64. The first-order valence-corrected chi connectivity index (χ1v) is 8.10. The molecule has 0 saturated carbocycles. The summed E-state index contributed by atoms with van der Waals surface area (Å²) in [4.78, 5) is 11.2. The second-order valence-corrected chi connectivity index (χ2v) is 7.10. The molecular weight excluding hydrogens is 321 g/mol. The predicted molar refractivity (Wildman–Crippen MR) is 73.6 cm³/mol. The Morgan fingerprint density at radius 1 is 1.24 bits per heavy atom. The Bertz CT molecular complexity index is 696. The maximum absolute atomic E-state index is 12.1. The molecule has 0 spiro atoms. The summed E-state index contributed by atoms with van der Waals surface area (Å²) >= 11 is 1.02. The monoisotopic (exact) mass is 333 g/mol. The van der Waals surface area contributed by atoms with Gasteiger partial charge in [0.25, 0.3) is 10.0 Å². The van der Waals surface area contributed by atoms with Crippen LogP contribution >= 0.6 is 11.3 Å². The third-order valence-corrected chi connectivity index (χ3v) is 5.50. The Hall–Kier alpha value is -0.700. The fourth-order valence-corrected chi connectivity index (χ4v) is 3.82. The summed E-state index contributed by atoms with van der Waals surface area (Å²) in [6, 6.07) is 8.13. The third-order valence-electron chi connectivity index (χ3n) is 2.68. The van der Waals surface area contributed by atoms with E-state index in [0.717, 1.165) is 16.9 Å². The van der Waals surface area contributed by atoms with Gasteiger partial charge in [-0.2, -0.15) is 4.72 Å². The number of hydrogen-bond acceptors (Lipinski definition) is 5. The summed E-state index contributed by atoms with van der Waals surface area (Å²) in [6.07, 6.45) is 0. The summed E-state index contributed by atoms with van der Waals surface area (Å²) in [6.45, 7) is 1.85. The van der Waals surface area contributed by atoms with E-state index >= 15 is 0 Å². The number of thiophene rings is 1. The molecule has 2 aromatic rings. The second-order valence-electron chi connectivity index (χ2n) is 4.22. The number of carboxylic acids is 1. The van der Waals surface area contributed by atoms with E-state index in [9.17, 15) is 18.3 Å². The van der Waals surface area contributed by atoms with Gasteiger partial charge in [0.05, 0.1) is 12.0 Å². The van der Waals surface area contributed by atoms with Crippen molar-refractivity contribution in [1.29, 1.82) is 0 Å². The molecule has 1 heterocycles. The van der Waals surface area contributed by atoms with Gasteiger partial charge in [-0.05, 0) is 23.9 Å². The first-order valence-electron chi connectivity index (χ1n) is 5.73. The maximum atomic E-state index is 12.1. The van der Waals surface area contributed by atoms with Gasteiger partial charge in [0.1, 0.15) is 4.21 Å². The van der Waals surface area contributed by atoms with Gasteiger partial charge < -0.3 is 9.90 Å². The van der Waals surface area contributed by atoms with E-state index in [1.54, 1.807) is 35.7 Å². The van der Waals surface area contributed by atoms with Crippen LogP contribution in [-0.4, -0.2) is 14.4 Å². The van der Waals surface area contributed by atoms with Crippen LogP contribution in [0, 0.1) is 6.92 Å². The Morgan fingerprint density at radius 3 is 2.33 bits per heavy atom. The van der Waals surface area contributed by atoms with E-state index in [1.165, 1.54) is 6.07 Å². The van der Waals surface area contributed by atoms with E-state index in [2.05, 4.69) is 4.72 Å². The van der Waals surface area contributed by atoms with Crippen molar-refractivity contribution in [2.75, 3.05) is 0 Å². The zero-order valence-electron chi connectivity index (χ0n) is 11.6. The normalized spacial score (nSPS) is 12.4. The van der Waals surface area contributed by atoms with Gasteiger partial charge in [0.15, 0.2) is 0 Å².